The van der Waals surface area contributed by atoms with Crippen LogP contribution in [0.15, 0.2) is 66.9 Å². The first-order valence-electron chi connectivity index (χ1n) is 8.58. The van der Waals surface area contributed by atoms with Gasteiger partial charge in [0.2, 0.25) is 5.91 Å². The summed E-state index contributed by atoms with van der Waals surface area (Å²) in [6.45, 7) is 1.86. The Bertz CT molecular complexity index is 1020. The van der Waals surface area contributed by atoms with Gasteiger partial charge in [-0.25, -0.2) is 13.8 Å². The summed E-state index contributed by atoms with van der Waals surface area (Å²) < 4.78 is 26.2. The van der Waals surface area contributed by atoms with Crippen molar-refractivity contribution in [2.24, 2.45) is 0 Å². The Kier molecular flexibility index (Phi) is 6.16. The summed E-state index contributed by atoms with van der Waals surface area (Å²) >= 11 is 5.82. The van der Waals surface area contributed by atoms with E-state index >= 15 is 0 Å². The molecule has 0 radical (unpaired) electrons. The summed E-state index contributed by atoms with van der Waals surface area (Å²) in [5, 5.41) is 3.27. The van der Waals surface area contributed by atoms with Crippen LogP contribution in [0.2, 0.25) is 5.15 Å². The number of hydrogen-bond acceptors (Lipinski definition) is 2. The summed E-state index contributed by atoms with van der Waals surface area (Å²) in [5.74, 6) is -2.22. The van der Waals surface area contributed by atoms with Crippen LogP contribution in [0.5, 0.6) is 0 Å². The fourth-order valence-electron chi connectivity index (χ4n) is 2.67. The SMILES string of the molecule is C[C@H](NC(=O)C=Cc1ccc(F)c(F)c1)c1cccc(-c2ccc(Cl)nc2)c1. The van der Waals surface area contributed by atoms with E-state index < -0.39 is 11.6 Å². The molecule has 1 atom stereocenters. The molecule has 0 spiro atoms. The first-order chi connectivity index (χ1) is 13.4. The molecule has 28 heavy (non-hydrogen) atoms. The zero-order valence-corrected chi connectivity index (χ0v) is 15.8. The van der Waals surface area contributed by atoms with Gasteiger partial charge in [0.05, 0.1) is 6.04 Å². The Balaban J connectivity index is 1.68. The molecular formula is C22H17ClF2N2O. The second kappa shape index (κ2) is 8.76. The van der Waals surface area contributed by atoms with Crippen LogP contribution in [-0.4, -0.2) is 10.9 Å². The summed E-state index contributed by atoms with van der Waals surface area (Å²) in [4.78, 5) is 16.2. The molecule has 1 N–H and O–H groups in total. The molecule has 3 nitrogen and oxygen atoms in total. The number of benzene rings is 2. The van der Waals surface area contributed by atoms with Gasteiger partial charge in [0, 0.05) is 17.8 Å². The molecule has 0 saturated heterocycles. The average molecular weight is 399 g/mol. The van der Waals surface area contributed by atoms with E-state index in [2.05, 4.69) is 10.3 Å². The highest BCUT2D eigenvalue weighted by Gasteiger charge is 2.09. The highest BCUT2D eigenvalue weighted by molar-refractivity contribution is 6.29. The Labute approximate surface area is 166 Å². The van der Waals surface area contributed by atoms with Crippen LogP contribution in [-0.2, 0) is 4.79 Å². The minimum absolute atomic E-state index is 0.248. The molecule has 0 unspecified atom stereocenters. The van der Waals surface area contributed by atoms with Gasteiger partial charge in [-0.3, -0.25) is 4.79 Å². The normalized spacial score (nSPS) is 12.1. The maximum atomic E-state index is 13.2. The highest BCUT2D eigenvalue weighted by Crippen LogP contribution is 2.23. The van der Waals surface area contributed by atoms with Gasteiger partial charge in [0.15, 0.2) is 11.6 Å². The van der Waals surface area contributed by atoms with Crippen LogP contribution in [0.3, 0.4) is 0 Å². The summed E-state index contributed by atoms with van der Waals surface area (Å²) in [5.41, 5.74) is 3.20. The van der Waals surface area contributed by atoms with E-state index in [-0.39, 0.29) is 11.9 Å². The topological polar surface area (TPSA) is 42.0 Å². The van der Waals surface area contributed by atoms with Crippen LogP contribution in [0.25, 0.3) is 17.2 Å². The van der Waals surface area contributed by atoms with Gasteiger partial charge in [0.1, 0.15) is 5.15 Å². The van der Waals surface area contributed by atoms with E-state index in [9.17, 15) is 13.6 Å². The van der Waals surface area contributed by atoms with E-state index in [1.54, 1.807) is 12.3 Å². The second-order valence-electron chi connectivity index (χ2n) is 6.23. The first-order valence-corrected chi connectivity index (χ1v) is 8.95. The van der Waals surface area contributed by atoms with Crippen molar-refractivity contribution in [2.75, 3.05) is 0 Å². The monoisotopic (exact) mass is 398 g/mol. The molecule has 3 aromatic rings. The van der Waals surface area contributed by atoms with Gasteiger partial charge >= 0.3 is 0 Å². The molecule has 0 aliphatic rings. The number of nitrogens with zero attached hydrogens (tertiary/aromatic N) is 1. The van der Waals surface area contributed by atoms with Crippen molar-refractivity contribution in [1.29, 1.82) is 0 Å². The standard InChI is InChI=1S/C22H17ClF2N2O/c1-14(27-22(28)10-6-15-5-8-19(24)20(25)11-15)16-3-2-4-17(12-16)18-7-9-21(23)26-13-18/h2-14H,1H3,(H,27,28)/t14-/m0/s1. The van der Waals surface area contributed by atoms with Gasteiger partial charge in [-0.05, 0) is 60.0 Å². The number of rotatable bonds is 5. The van der Waals surface area contributed by atoms with Crippen LogP contribution >= 0.6 is 11.6 Å². The van der Waals surface area contributed by atoms with Crippen molar-refractivity contribution in [3.8, 4) is 11.1 Å². The summed E-state index contributed by atoms with van der Waals surface area (Å²) in [7, 11) is 0. The van der Waals surface area contributed by atoms with Crippen molar-refractivity contribution in [1.82, 2.24) is 10.3 Å². The molecule has 6 heteroatoms. The third-order valence-corrected chi connectivity index (χ3v) is 4.40. The largest absolute Gasteiger partial charge is 0.346 e. The van der Waals surface area contributed by atoms with E-state index in [1.165, 1.54) is 18.2 Å². The van der Waals surface area contributed by atoms with Crippen molar-refractivity contribution in [3.63, 3.8) is 0 Å². The second-order valence-corrected chi connectivity index (χ2v) is 6.62. The molecular weight excluding hydrogens is 382 g/mol. The predicted octanol–water partition coefficient (Wildman–Crippen LogP) is 5.57. The number of hydrogen-bond donors (Lipinski definition) is 1. The van der Waals surface area contributed by atoms with Crippen LogP contribution in [0, 0.1) is 11.6 Å². The van der Waals surface area contributed by atoms with Gasteiger partial charge in [0.25, 0.3) is 0 Å². The molecule has 0 aliphatic carbocycles. The van der Waals surface area contributed by atoms with E-state index in [0.717, 1.165) is 28.8 Å². The van der Waals surface area contributed by atoms with Crippen molar-refractivity contribution in [3.05, 3.63) is 94.8 Å². The van der Waals surface area contributed by atoms with Crippen LogP contribution in [0.4, 0.5) is 8.78 Å². The maximum absolute atomic E-state index is 13.2. The van der Waals surface area contributed by atoms with Crippen molar-refractivity contribution < 1.29 is 13.6 Å². The summed E-state index contributed by atoms with van der Waals surface area (Å²) in [6.07, 6.45) is 4.41. The third-order valence-electron chi connectivity index (χ3n) is 4.18. The quantitative estimate of drug-likeness (QED) is 0.451. The number of amides is 1. The zero-order valence-electron chi connectivity index (χ0n) is 15.0. The fraction of sp³-hybridized carbons (Fsp3) is 0.0909. The van der Waals surface area contributed by atoms with Crippen LogP contribution < -0.4 is 5.32 Å². The average Bonchev–Trinajstić information content (AvgIpc) is 2.69. The molecule has 1 amide bonds. The molecule has 142 valence electrons. The minimum Gasteiger partial charge on any atom is -0.346 e. The molecule has 2 aromatic carbocycles. The third kappa shape index (κ3) is 5.02. The Morgan fingerprint density at radius 1 is 1.07 bits per heavy atom. The van der Waals surface area contributed by atoms with E-state index in [1.807, 2.05) is 37.3 Å². The maximum Gasteiger partial charge on any atom is 0.244 e. The number of pyridine rings is 1. The van der Waals surface area contributed by atoms with Gasteiger partial charge in [-0.2, -0.15) is 0 Å². The van der Waals surface area contributed by atoms with Crippen molar-refractivity contribution in [2.45, 2.75) is 13.0 Å². The summed E-state index contributed by atoms with van der Waals surface area (Å²) in [6, 6.07) is 14.5. The Morgan fingerprint density at radius 3 is 2.61 bits per heavy atom. The number of halogens is 3. The lowest BCUT2D eigenvalue weighted by Gasteiger charge is -2.14. The Hall–Kier alpha value is -3.05. The fourth-order valence-corrected chi connectivity index (χ4v) is 2.78. The van der Waals surface area contributed by atoms with E-state index in [0.29, 0.717) is 10.7 Å². The molecule has 3 rings (SSSR count). The minimum atomic E-state index is -0.954. The number of carbonyl (C=O) groups excluding carboxylic acids is 1. The van der Waals surface area contributed by atoms with Gasteiger partial charge in [-0.15, -0.1) is 0 Å². The Morgan fingerprint density at radius 2 is 1.89 bits per heavy atom. The molecule has 1 aromatic heterocycles. The lowest BCUT2D eigenvalue weighted by atomic mass is 10.0. The van der Waals surface area contributed by atoms with E-state index in [4.69, 9.17) is 11.6 Å². The molecule has 0 fully saturated rings. The molecule has 0 saturated carbocycles. The first kappa shape index (κ1) is 19.7. The number of carbonyl (C=O) groups is 1. The van der Waals surface area contributed by atoms with Gasteiger partial charge in [-0.1, -0.05) is 35.9 Å². The predicted molar refractivity (Wildman–Crippen MR) is 107 cm³/mol. The molecule has 0 aliphatic heterocycles. The smallest absolute Gasteiger partial charge is 0.244 e. The lowest BCUT2D eigenvalue weighted by molar-refractivity contribution is -0.117. The number of nitrogens with one attached hydrogen (secondary N) is 1. The lowest BCUT2D eigenvalue weighted by Crippen LogP contribution is -2.24. The van der Waals surface area contributed by atoms with Crippen LogP contribution in [0.1, 0.15) is 24.1 Å². The molecule has 0 bridgehead atoms. The van der Waals surface area contributed by atoms with Crippen molar-refractivity contribution >= 4 is 23.6 Å². The number of aromatic nitrogens is 1. The molecule has 1 heterocycles. The zero-order chi connectivity index (χ0) is 20.1. The van der Waals surface area contributed by atoms with Gasteiger partial charge < -0.3 is 5.32 Å². The highest BCUT2D eigenvalue weighted by atomic mass is 35.5.